The Kier molecular flexibility index (Phi) is 5.87. The molecule has 1 N–H and O–H groups in total. The van der Waals surface area contributed by atoms with Crippen LogP contribution in [-0.2, 0) is 32.3 Å². The molecule has 154 valence electrons. The Balaban J connectivity index is 1.67. The number of esters is 1. The van der Waals surface area contributed by atoms with Gasteiger partial charge in [-0.25, -0.2) is 8.42 Å². The fourth-order valence-corrected chi connectivity index (χ4v) is 4.42. The van der Waals surface area contributed by atoms with Crippen molar-refractivity contribution in [2.75, 3.05) is 0 Å². The normalized spacial score (nSPS) is 13.4. The summed E-state index contributed by atoms with van der Waals surface area (Å²) >= 11 is 0.853. The van der Waals surface area contributed by atoms with Gasteiger partial charge in [-0.1, -0.05) is 18.2 Å². The Morgan fingerprint density at radius 1 is 1.21 bits per heavy atom. The average molecular weight is 445 g/mol. The zero-order valence-electron chi connectivity index (χ0n) is 14.8. The highest BCUT2D eigenvalue weighted by molar-refractivity contribution is 7.89. The topological polar surface area (TPSA) is 98.3 Å². The molecule has 1 atom stereocenters. The second-order valence-electron chi connectivity index (χ2n) is 6.04. The van der Waals surface area contributed by atoms with Gasteiger partial charge in [-0.3, -0.25) is 4.79 Å². The lowest BCUT2D eigenvalue weighted by Gasteiger charge is -2.14. The first kappa shape index (κ1) is 21.1. The maximum absolute atomic E-state index is 12.7. The van der Waals surface area contributed by atoms with Gasteiger partial charge in [-0.2, -0.15) is 26.6 Å². The molecule has 0 fully saturated rings. The number of hydrogen-bond donors (Lipinski definition) is 1. The Morgan fingerprint density at radius 3 is 2.66 bits per heavy atom. The molecule has 0 aliphatic rings. The van der Waals surface area contributed by atoms with Crippen molar-refractivity contribution < 1.29 is 31.1 Å². The molecule has 1 heterocycles. The smallest absolute Gasteiger partial charge is 0.416 e. The lowest BCUT2D eigenvalue weighted by Crippen LogP contribution is -2.39. The fraction of sp³-hybridized carbons (Fsp3) is 0.235. The third-order valence-electron chi connectivity index (χ3n) is 3.86. The van der Waals surface area contributed by atoms with Crippen LogP contribution in [-0.4, -0.2) is 29.2 Å². The van der Waals surface area contributed by atoms with Crippen LogP contribution in [0.15, 0.2) is 47.4 Å². The van der Waals surface area contributed by atoms with Crippen LogP contribution in [0.5, 0.6) is 0 Å². The third-order valence-corrected chi connectivity index (χ3v) is 5.97. The van der Waals surface area contributed by atoms with E-state index in [2.05, 4.69) is 13.5 Å². The van der Waals surface area contributed by atoms with Crippen LogP contribution in [0.2, 0.25) is 0 Å². The van der Waals surface area contributed by atoms with Crippen LogP contribution in [0.25, 0.3) is 11.0 Å². The van der Waals surface area contributed by atoms with Crippen molar-refractivity contribution >= 4 is 38.8 Å². The Morgan fingerprint density at radius 2 is 1.93 bits per heavy atom. The van der Waals surface area contributed by atoms with Crippen LogP contribution >= 0.6 is 11.7 Å². The first-order chi connectivity index (χ1) is 13.6. The molecule has 1 aromatic heterocycles. The first-order valence-electron chi connectivity index (χ1n) is 8.14. The predicted molar refractivity (Wildman–Crippen MR) is 98.4 cm³/mol. The number of alkyl halides is 3. The van der Waals surface area contributed by atoms with Crippen LogP contribution in [0, 0.1) is 0 Å². The second kappa shape index (κ2) is 8.05. The van der Waals surface area contributed by atoms with Crippen molar-refractivity contribution in [2.45, 2.75) is 30.6 Å². The van der Waals surface area contributed by atoms with Gasteiger partial charge in [-0.15, -0.1) is 0 Å². The summed E-state index contributed by atoms with van der Waals surface area (Å²) in [5.41, 5.74) is -0.168. The van der Waals surface area contributed by atoms with Gasteiger partial charge in [0.15, 0.2) is 0 Å². The van der Waals surface area contributed by atoms with E-state index in [0.717, 1.165) is 23.9 Å². The van der Waals surface area contributed by atoms with E-state index >= 15 is 0 Å². The Bertz CT molecular complexity index is 1150. The minimum Gasteiger partial charge on any atom is -0.460 e. The molecule has 29 heavy (non-hydrogen) atoms. The molecule has 2 aromatic carbocycles. The van der Waals surface area contributed by atoms with E-state index in [9.17, 15) is 26.4 Å². The molecule has 0 radical (unpaired) electrons. The molecule has 12 heteroatoms. The number of benzene rings is 2. The van der Waals surface area contributed by atoms with Crippen molar-refractivity contribution in [3.05, 3.63) is 53.6 Å². The minimum atomic E-state index is -4.52. The summed E-state index contributed by atoms with van der Waals surface area (Å²) in [6.07, 6.45) is -4.52. The number of rotatable bonds is 6. The molecule has 0 unspecified atom stereocenters. The van der Waals surface area contributed by atoms with E-state index in [1.54, 1.807) is 6.07 Å². The first-order valence-corrected chi connectivity index (χ1v) is 10.4. The standard InChI is InChI=1S/C17H14F3N3O4S2/c1-10(16(24)27-9-11-4-2-5-12(8-11)17(18,19)20)23-29(25,26)14-7-3-6-13-15(14)22-28-21-13/h2-8,10,23H,9H2,1H3/t10-/m0/s1. The highest BCUT2D eigenvalue weighted by Gasteiger charge is 2.30. The van der Waals surface area contributed by atoms with Crippen molar-refractivity contribution in [2.24, 2.45) is 0 Å². The van der Waals surface area contributed by atoms with E-state index in [-0.39, 0.29) is 16.0 Å². The van der Waals surface area contributed by atoms with Crippen molar-refractivity contribution in [3.8, 4) is 0 Å². The average Bonchev–Trinajstić information content (AvgIpc) is 3.14. The van der Waals surface area contributed by atoms with Gasteiger partial charge in [0, 0.05) is 0 Å². The molecule has 0 amide bonds. The van der Waals surface area contributed by atoms with Crippen LogP contribution in [0.1, 0.15) is 18.1 Å². The molecule has 0 aliphatic heterocycles. The molecular weight excluding hydrogens is 431 g/mol. The van der Waals surface area contributed by atoms with Gasteiger partial charge < -0.3 is 4.74 Å². The number of ether oxygens (including phenoxy) is 1. The maximum atomic E-state index is 12.7. The van der Waals surface area contributed by atoms with E-state index in [1.807, 2.05) is 0 Å². The SMILES string of the molecule is C[C@H](NS(=O)(=O)c1cccc2nsnc12)C(=O)OCc1cccc(C(F)(F)F)c1. The molecule has 0 saturated heterocycles. The highest BCUT2D eigenvalue weighted by Crippen LogP contribution is 2.29. The number of aromatic nitrogens is 2. The largest absolute Gasteiger partial charge is 0.460 e. The number of carbonyl (C=O) groups is 1. The van der Waals surface area contributed by atoms with Crippen molar-refractivity contribution in [1.29, 1.82) is 0 Å². The van der Waals surface area contributed by atoms with Gasteiger partial charge >= 0.3 is 12.1 Å². The van der Waals surface area contributed by atoms with Crippen molar-refractivity contribution in [3.63, 3.8) is 0 Å². The molecule has 0 spiro atoms. The molecular formula is C17H14F3N3O4S2. The zero-order chi connectivity index (χ0) is 21.2. The number of nitrogens with one attached hydrogen (secondary N) is 1. The van der Waals surface area contributed by atoms with Crippen LogP contribution in [0.3, 0.4) is 0 Å². The number of halogens is 3. The summed E-state index contributed by atoms with van der Waals surface area (Å²) in [5.74, 6) is -0.936. The number of fused-ring (bicyclic) bond motifs is 1. The van der Waals surface area contributed by atoms with E-state index in [4.69, 9.17) is 4.74 Å². The van der Waals surface area contributed by atoms with Gasteiger partial charge in [0.05, 0.1) is 17.3 Å². The monoisotopic (exact) mass is 445 g/mol. The molecule has 7 nitrogen and oxygen atoms in total. The summed E-state index contributed by atoms with van der Waals surface area (Å²) in [5, 5.41) is 0. The van der Waals surface area contributed by atoms with E-state index < -0.39 is 40.4 Å². The molecule has 0 saturated carbocycles. The highest BCUT2D eigenvalue weighted by atomic mass is 32.2. The van der Waals surface area contributed by atoms with Gasteiger partial charge in [0.2, 0.25) is 10.0 Å². The quantitative estimate of drug-likeness (QED) is 0.586. The second-order valence-corrected chi connectivity index (χ2v) is 8.25. The molecule has 0 aliphatic carbocycles. The van der Waals surface area contributed by atoms with Crippen LogP contribution < -0.4 is 4.72 Å². The number of carbonyl (C=O) groups excluding carboxylic acids is 1. The summed E-state index contributed by atoms with van der Waals surface area (Å²) in [6, 6.07) is 7.47. The fourth-order valence-electron chi connectivity index (χ4n) is 2.46. The molecule has 3 aromatic rings. The maximum Gasteiger partial charge on any atom is 0.416 e. The number of nitrogens with zero attached hydrogens (tertiary/aromatic N) is 2. The summed E-state index contributed by atoms with van der Waals surface area (Å²) < 4.78 is 78.4. The molecule has 0 bridgehead atoms. The Hall–Kier alpha value is -2.57. The van der Waals surface area contributed by atoms with E-state index in [1.165, 1.54) is 31.2 Å². The van der Waals surface area contributed by atoms with Crippen LogP contribution in [0.4, 0.5) is 13.2 Å². The minimum absolute atomic E-state index is 0.126. The van der Waals surface area contributed by atoms with Crippen molar-refractivity contribution in [1.82, 2.24) is 13.5 Å². The lowest BCUT2D eigenvalue weighted by molar-refractivity contribution is -0.146. The lowest BCUT2D eigenvalue weighted by atomic mass is 10.1. The zero-order valence-corrected chi connectivity index (χ0v) is 16.4. The summed E-state index contributed by atoms with van der Waals surface area (Å²) in [7, 11) is -4.11. The van der Waals surface area contributed by atoms with Gasteiger partial charge in [0.1, 0.15) is 28.6 Å². The summed E-state index contributed by atoms with van der Waals surface area (Å²) in [6.45, 7) is 0.839. The Labute approximate surface area is 167 Å². The van der Waals surface area contributed by atoms with Gasteiger partial charge in [-0.05, 0) is 36.8 Å². The van der Waals surface area contributed by atoms with Gasteiger partial charge in [0.25, 0.3) is 0 Å². The number of hydrogen-bond acceptors (Lipinski definition) is 7. The van der Waals surface area contributed by atoms with E-state index in [0.29, 0.717) is 5.52 Å². The third kappa shape index (κ3) is 4.89. The number of sulfonamides is 1. The molecule has 3 rings (SSSR count). The summed E-state index contributed by atoms with van der Waals surface area (Å²) in [4.78, 5) is 12.0. The predicted octanol–water partition coefficient (Wildman–Crippen LogP) is 3.12.